The molecule has 0 amide bonds. The highest BCUT2D eigenvalue weighted by atomic mass is 35.5. The van der Waals surface area contributed by atoms with Crippen LogP contribution in [0.15, 0.2) is 24.4 Å². The molecule has 19 heavy (non-hydrogen) atoms. The van der Waals surface area contributed by atoms with E-state index >= 15 is 0 Å². The smallest absolute Gasteiger partial charge is 0.158 e. The third kappa shape index (κ3) is 3.53. The summed E-state index contributed by atoms with van der Waals surface area (Å²) in [5, 5.41) is 8.60. The molecule has 0 unspecified atom stereocenters. The van der Waals surface area contributed by atoms with Crippen LogP contribution in [0.1, 0.15) is 11.3 Å². The van der Waals surface area contributed by atoms with E-state index in [9.17, 15) is 4.79 Å². The molecule has 100 valence electrons. The summed E-state index contributed by atoms with van der Waals surface area (Å²) >= 11 is 12.0. The van der Waals surface area contributed by atoms with E-state index in [1.165, 1.54) is 4.68 Å². The van der Waals surface area contributed by atoms with E-state index in [1.807, 2.05) is 0 Å². The zero-order valence-electron chi connectivity index (χ0n) is 10.0. The lowest BCUT2D eigenvalue weighted by Gasteiger charge is -2.05. The maximum Gasteiger partial charge on any atom is 0.158 e. The van der Waals surface area contributed by atoms with E-state index in [0.29, 0.717) is 27.8 Å². The van der Waals surface area contributed by atoms with Crippen molar-refractivity contribution in [1.82, 2.24) is 15.0 Å². The van der Waals surface area contributed by atoms with Gasteiger partial charge in [0.2, 0.25) is 0 Å². The van der Waals surface area contributed by atoms with Gasteiger partial charge in [0.05, 0.1) is 11.9 Å². The quantitative estimate of drug-likeness (QED) is 0.914. The van der Waals surface area contributed by atoms with E-state index in [-0.39, 0.29) is 18.7 Å². The van der Waals surface area contributed by atoms with Crippen LogP contribution in [0.25, 0.3) is 0 Å². The molecule has 1 aromatic carbocycles. The van der Waals surface area contributed by atoms with Gasteiger partial charge < -0.3 is 5.73 Å². The van der Waals surface area contributed by atoms with E-state index in [2.05, 4.69) is 10.3 Å². The van der Waals surface area contributed by atoms with Gasteiger partial charge in [-0.2, -0.15) is 0 Å². The zero-order valence-corrected chi connectivity index (χ0v) is 11.5. The van der Waals surface area contributed by atoms with Gasteiger partial charge in [0.15, 0.2) is 5.78 Å². The Morgan fingerprint density at radius 3 is 2.58 bits per heavy atom. The molecule has 0 fully saturated rings. The molecule has 7 heteroatoms. The van der Waals surface area contributed by atoms with Crippen LogP contribution < -0.4 is 5.73 Å². The van der Waals surface area contributed by atoms with Gasteiger partial charge in [-0.1, -0.05) is 34.5 Å². The van der Waals surface area contributed by atoms with Crippen LogP contribution in [0, 0.1) is 0 Å². The SMILES string of the molecule is NCc1cn(CC(=O)Cc2c(Cl)cccc2Cl)nn1. The number of carbonyl (C=O) groups is 1. The fraction of sp³-hybridized carbons (Fsp3) is 0.250. The molecule has 0 saturated heterocycles. The van der Waals surface area contributed by atoms with Gasteiger partial charge >= 0.3 is 0 Å². The molecule has 2 rings (SSSR count). The number of halogens is 2. The first-order valence-electron chi connectivity index (χ1n) is 5.64. The molecular weight excluding hydrogens is 287 g/mol. The molecule has 1 aromatic heterocycles. The fourth-order valence-electron chi connectivity index (χ4n) is 1.64. The van der Waals surface area contributed by atoms with Gasteiger partial charge in [-0.15, -0.1) is 5.10 Å². The number of ketones is 1. The number of benzene rings is 1. The average molecular weight is 299 g/mol. The Labute approximate surface area is 120 Å². The highest BCUT2D eigenvalue weighted by Gasteiger charge is 2.12. The number of rotatable bonds is 5. The summed E-state index contributed by atoms with van der Waals surface area (Å²) in [5.74, 6) is -0.0523. The molecule has 0 aliphatic carbocycles. The molecule has 0 spiro atoms. The summed E-state index contributed by atoms with van der Waals surface area (Å²) in [7, 11) is 0. The summed E-state index contributed by atoms with van der Waals surface area (Å²) in [6.07, 6.45) is 1.81. The van der Waals surface area contributed by atoms with E-state index < -0.39 is 0 Å². The van der Waals surface area contributed by atoms with Crippen molar-refractivity contribution in [3.05, 3.63) is 45.7 Å². The van der Waals surface area contributed by atoms with Gasteiger partial charge in [0.1, 0.15) is 6.54 Å². The molecular formula is C12H12Cl2N4O. The number of nitrogens with two attached hydrogens (primary N) is 1. The Balaban J connectivity index is 2.05. The monoisotopic (exact) mass is 298 g/mol. The minimum Gasteiger partial charge on any atom is -0.325 e. The van der Waals surface area contributed by atoms with E-state index in [0.717, 1.165) is 0 Å². The van der Waals surface area contributed by atoms with Crippen molar-refractivity contribution in [2.24, 2.45) is 5.73 Å². The Hall–Kier alpha value is -1.43. The maximum absolute atomic E-state index is 11.9. The number of aromatic nitrogens is 3. The summed E-state index contributed by atoms with van der Waals surface area (Å²) in [4.78, 5) is 11.9. The van der Waals surface area contributed by atoms with Crippen molar-refractivity contribution in [3.8, 4) is 0 Å². The number of Topliss-reactive ketones (excluding diaryl/α,β-unsaturated/α-hetero) is 1. The minimum atomic E-state index is -0.0523. The third-order valence-electron chi connectivity index (χ3n) is 2.57. The van der Waals surface area contributed by atoms with Crippen molar-refractivity contribution in [3.63, 3.8) is 0 Å². The first-order valence-corrected chi connectivity index (χ1v) is 6.39. The molecule has 0 saturated carbocycles. The maximum atomic E-state index is 11.9. The second kappa shape index (κ2) is 6.14. The van der Waals surface area contributed by atoms with Crippen LogP contribution in [0.2, 0.25) is 10.0 Å². The largest absolute Gasteiger partial charge is 0.325 e. The molecule has 2 N–H and O–H groups in total. The Morgan fingerprint density at radius 1 is 1.32 bits per heavy atom. The summed E-state index contributed by atoms with van der Waals surface area (Å²) < 4.78 is 1.45. The fourth-order valence-corrected chi connectivity index (χ4v) is 2.18. The normalized spacial score (nSPS) is 10.7. The number of hydrogen-bond donors (Lipinski definition) is 1. The van der Waals surface area contributed by atoms with Crippen LogP contribution >= 0.6 is 23.2 Å². The van der Waals surface area contributed by atoms with Gasteiger partial charge in [0.25, 0.3) is 0 Å². The van der Waals surface area contributed by atoms with Crippen molar-refractivity contribution >= 4 is 29.0 Å². The molecule has 0 aliphatic heterocycles. The topological polar surface area (TPSA) is 73.8 Å². The zero-order chi connectivity index (χ0) is 13.8. The van der Waals surface area contributed by atoms with Crippen LogP contribution in [-0.2, 0) is 24.3 Å². The van der Waals surface area contributed by atoms with Gasteiger partial charge in [0, 0.05) is 23.0 Å². The standard InChI is InChI=1S/C12H12Cl2N4O/c13-11-2-1-3-12(14)10(11)4-9(19)7-18-6-8(5-15)16-17-18/h1-3,6H,4-5,7,15H2. The van der Waals surface area contributed by atoms with Crippen LogP contribution in [0.3, 0.4) is 0 Å². The summed E-state index contributed by atoms with van der Waals surface area (Å²) in [5.41, 5.74) is 6.70. The lowest BCUT2D eigenvalue weighted by atomic mass is 10.1. The molecule has 5 nitrogen and oxygen atoms in total. The van der Waals surface area contributed by atoms with Crippen molar-refractivity contribution in [2.75, 3.05) is 0 Å². The predicted octanol–water partition coefficient (Wildman–Crippen LogP) is 1.86. The van der Waals surface area contributed by atoms with Crippen molar-refractivity contribution in [2.45, 2.75) is 19.5 Å². The lowest BCUT2D eigenvalue weighted by Crippen LogP contribution is -2.13. The van der Waals surface area contributed by atoms with Crippen molar-refractivity contribution in [1.29, 1.82) is 0 Å². The lowest BCUT2D eigenvalue weighted by molar-refractivity contribution is -0.119. The number of hydrogen-bond acceptors (Lipinski definition) is 4. The molecule has 0 atom stereocenters. The summed E-state index contributed by atoms with van der Waals surface area (Å²) in [6.45, 7) is 0.416. The second-order valence-corrected chi connectivity index (χ2v) is 4.84. The molecule has 0 radical (unpaired) electrons. The van der Waals surface area contributed by atoms with Crippen molar-refractivity contribution < 1.29 is 4.79 Å². The van der Waals surface area contributed by atoms with Crippen LogP contribution in [0.5, 0.6) is 0 Å². The van der Waals surface area contributed by atoms with Gasteiger partial charge in [-0.05, 0) is 17.7 Å². The molecule has 0 aliphatic rings. The van der Waals surface area contributed by atoms with E-state index in [1.54, 1.807) is 24.4 Å². The molecule has 0 bridgehead atoms. The van der Waals surface area contributed by atoms with Crippen LogP contribution in [0.4, 0.5) is 0 Å². The van der Waals surface area contributed by atoms with Crippen LogP contribution in [-0.4, -0.2) is 20.8 Å². The average Bonchev–Trinajstić information content (AvgIpc) is 2.81. The summed E-state index contributed by atoms with van der Waals surface area (Å²) in [6, 6.07) is 5.15. The second-order valence-electron chi connectivity index (χ2n) is 4.03. The number of nitrogens with zero attached hydrogens (tertiary/aromatic N) is 3. The predicted molar refractivity (Wildman–Crippen MR) is 73.1 cm³/mol. The highest BCUT2D eigenvalue weighted by molar-refractivity contribution is 6.36. The van der Waals surface area contributed by atoms with Gasteiger partial charge in [-0.25, -0.2) is 4.68 Å². The minimum absolute atomic E-state index is 0.0523. The Kier molecular flexibility index (Phi) is 4.52. The number of carbonyl (C=O) groups excluding carboxylic acids is 1. The Bertz CT molecular complexity index is 577. The van der Waals surface area contributed by atoms with Gasteiger partial charge in [-0.3, -0.25) is 4.79 Å². The van der Waals surface area contributed by atoms with E-state index in [4.69, 9.17) is 28.9 Å². The Morgan fingerprint density at radius 2 is 2.00 bits per heavy atom. The first kappa shape index (κ1) is 14.0. The molecule has 2 aromatic rings. The highest BCUT2D eigenvalue weighted by Crippen LogP contribution is 2.24. The third-order valence-corrected chi connectivity index (χ3v) is 3.28. The molecule has 1 heterocycles. The first-order chi connectivity index (χ1) is 9.10.